The van der Waals surface area contributed by atoms with E-state index < -0.39 is 0 Å². The van der Waals surface area contributed by atoms with Crippen molar-refractivity contribution in [2.24, 2.45) is 5.92 Å². The van der Waals surface area contributed by atoms with Crippen LogP contribution in [0.15, 0.2) is 12.4 Å². The van der Waals surface area contributed by atoms with E-state index in [0.717, 1.165) is 32.5 Å². The van der Waals surface area contributed by atoms with Gasteiger partial charge in [0.25, 0.3) is 5.91 Å². The third-order valence-electron chi connectivity index (χ3n) is 3.71. The molecule has 1 amide bonds. The van der Waals surface area contributed by atoms with Crippen molar-refractivity contribution in [3.63, 3.8) is 0 Å². The maximum atomic E-state index is 11.8. The first-order chi connectivity index (χ1) is 8.81. The van der Waals surface area contributed by atoms with E-state index in [2.05, 4.69) is 15.7 Å². The van der Waals surface area contributed by atoms with Crippen LogP contribution in [0.4, 0.5) is 0 Å². The molecule has 0 aromatic carbocycles. The second-order valence-electron chi connectivity index (χ2n) is 5.39. The molecule has 0 radical (unpaired) electrons. The number of rotatable bonds is 4. The lowest BCUT2D eigenvalue weighted by Gasteiger charge is -2.22. The van der Waals surface area contributed by atoms with Gasteiger partial charge >= 0.3 is 0 Å². The Morgan fingerprint density at radius 3 is 2.89 bits per heavy atom. The van der Waals surface area contributed by atoms with Gasteiger partial charge < -0.3 is 10.6 Å². The van der Waals surface area contributed by atoms with Crippen LogP contribution in [0.3, 0.4) is 0 Å². The van der Waals surface area contributed by atoms with Gasteiger partial charge in [-0.1, -0.05) is 0 Å². The molecular weight excluding hydrogens is 228 g/mol. The molecule has 0 spiro atoms. The summed E-state index contributed by atoms with van der Waals surface area (Å²) >= 11 is 0. The Morgan fingerprint density at radius 1 is 1.39 bits per heavy atom. The number of piperidine rings is 1. The largest absolute Gasteiger partial charge is 0.349 e. The van der Waals surface area contributed by atoms with Crippen molar-refractivity contribution in [3.8, 4) is 0 Å². The first kappa shape index (κ1) is 11.7. The third-order valence-corrected chi connectivity index (χ3v) is 3.71. The van der Waals surface area contributed by atoms with Crippen LogP contribution in [0.5, 0.6) is 0 Å². The number of carbonyl (C=O) groups excluding carboxylic acids is 1. The van der Waals surface area contributed by atoms with E-state index in [1.54, 1.807) is 6.20 Å². The second kappa shape index (κ2) is 5.10. The quantitative estimate of drug-likeness (QED) is 0.827. The predicted molar refractivity (Wildman–Crippen MR) is 68.3 cm³/mol. The number of carbonyl (C=O) groups is 1. The molecule has 1 saturated heterocycles. The zero-order valence-corrected chi connectivity index (χ0v) is 10.6. The van der Waals surface area contributed by atoms with E-state index in [9.17, 15) is 4.79 Å². The highest BCUT2D eigenvalue weighted by Gasteiger charge is 2.24. The van der Waals surface area contributed by atoms with Crippen LogP contribution in [-0.2, 0) is 6.54 Å². The number of hydrogen-bond donors (Lipinski definition) is 2. The topological polar surface area (TPSA) is 59.0 Å². The third kappa shape index (κ3) is 2.90. The molecule has 98 valence electrons. The van der Waals surface area contributed by atoms with E-state index in [1.165, 1.54) is 12.8 Å². The molecule has 0 unspecified atom stereocenters. The molecule has 2 N–H and O–H groups in total. The Balaban J connectivity index is 1.56. The summed E-state index contributed by atoms with van der Waals surface area (Å²) in [6.07, 6.45) is 8.19. The Morgan fingerprint density at radius 2 is 2.17 bits per heavy atom. The van der Waals surface area contributed by atoms with Gasteiger partial charge in [0, 0.05) is 18.8 Å². The maximum absolute atomic E-state index is 11.8. The van der Waals surface area contributed by atoms with Crippen LogP contribution in [-0.4, -0.2) is 34.8 Å². The fourth-order valence-electron chi connectivity index (χ4n) is 2.41. The Kier molecular flexibility index (Phi) is 3.32. The molecule has 2 aliphatic rings. The standard InChI is InChI=1S/C13H20N4O/c18-13(16-12-1-2-12)11-7-15-17(9-11)8-10-3-5-14-6-4-10/h7,9-10,12,14H,1-6,8H2,(H,16,18). The van der Waals surface area contributed by atoms with Gasteiger partial charge in [0.2, 0.25) is 0 Å². The average Bonchev–Trinajstić information content (AvgIpc) is 3.07. The fraction of sp³-hybridized carbons (Fsp3) is 0.692. The molecule has 1 aliphatic carbocycles. The minimum atomic E-state index is 0.0223. The monoisotopic (exact) mass is 248 g/mol. The number of aromatic nitrogens is 2. The summed E-state index contributed by atoms with van der Waals surface area (Å²) in [7, 11) is 0. The van der Waals surface area contributed by atoms with Crippen molar-refractivity contribution in [1.29, 1.82) is 0 Å². The first-order valence-corrected chi connectivity index (χ1v) is 6.85. The SMILES string of the molecule is O=C(NC1CC1)c1cnn(CC2CCNCC2)c1. The highest BCUT2D eigenvalue weighted by atomic mass is 16.1. The van der Waals surface area contributed by atoms with Gasteiger partial charge in [-0.2, -0.15) is 5.10 Å². The summed E-state index contributed by atoms with van der Waals surface area (Å²) < 4.78 is 1.91. The molecule has 5 nitrogen and oxygen atoms in total. The number of amides is 1. The molecule has 2 heterocycles. The van der Waals surface area contributed by atoms with Crippen LogP contribution in [0, 0.1) is 5.92 Å². The summed E-state index contributed by atoms with van der Waals surface area (Å²) in [6, 6.07) is 0.408. The minimum absolute atomic E-state index is 0.0223. The van der Waals surface area contributed by atoms with Crippen LogP contribution in [0.1, 0.15) is 36.0 Å². The van der Waals surface area contributed by atoms with E-state index in [1.807, 2.05) is 10.9 Å². The average molecular weight is 248 g/mol. The van der Waals surface area contributed by atoms with E-state index >= 15 is 0 Å². The van der Waals surface area contributed by atoms with Gasteiger partial charge in [0.05, 0.1) is 11.8 Å². The lowest BCUT2D eigenvalue weighted by molar-refractivity contribution is 0.0951. The van der Waals surface area contributed by atoms with E-state index in [0.29, 0.717) is 17.5 Å². The highest BCUT2D eigenvalue weighted by molar-refractivity contribution is 5.94. The molecule has 5 heteroatoms. The van der Waals surface area contributed by atoms with E-state index in [-0.39, 0.29) is 5.91 Å². The summed E-state index contributed by atoms with van der Waals surface area (Å²) in [5.74, 6) is 0.708. The number of hydrogen-bond acceptors (Lipinski definition) is 3. The fourth-order valence-corrected chi connectivity index (χ4v) is 2.41. The Hall–Kier alpha value is -1.36. The van der Waals surface area contributed by atoms with Crippen molar-refractivity contribution in [2.75, 3.05) is 13.1 Å². The zero-order chi connectivity index (χ0) is 12.4. The molecule has 1 aliphatic heterocycles. The van der Waals surface area contributed by atoms with Crippen molar-refractivity contribution in [1.82, 2.24) is 20.4 Å². The smallest absolute Gasteiger partial charge is 0.254 e. The number of nitrogens with zero attached hydrogens (tertiary/aromatic N) is 2. The van der Waals surface area contributed by atoms with Gasteiger partial charge in [0.15, 0.2) is 0 Å². The van der Waals surface area contributed by atoms with Crippen LogP contribution >= 0.6 is 0 Å². The van der Waals surface area contributed by atoms with Crippen LogP contribution in [0.25, 0.3) is 0 Å². The van der Waals surface area contributed by atoms with Crippen molar-refractivity contribution < 1.29 is 4.79 Å². The zero-order valence-electron chi connectivity index (χ0n) is 10.6. The first-order valence-electron chi connectivity index (χ1n) is 6.85. The predicted octanol–water partition coefficient (Wildman–Crippen LogP) is 0.775. The summed E-state index contributed by atoms with van der Waals surface area (Å²) in [4.78, 5) is 11.8. The molecule has 1 aromatic rings. The Labute approximate surface area is 107 Å². The van der Waals surface area contributed by atoms with Crippen LogP contribution in [0.2, 0.25) is 0 Å². The van der Waals surface area contributed by atoms with Crippen molar-refractivity contribution >= 4 is 5.91 Å². The lowest BCUT2D eigenvalue weighted by Crippen LogP contribution is -2.30. The molecule has 3 rings (SSSR count). The molecule has 2 fully saturated rings. The minimum Gasteiger partial charge on any atom is -0.349 e. The normalized spacial score (nSPS) is 20.9. The lowest BCUT2D eigenvalue weighted by atomic mass is 9.98. The van der Waals surface area contributed by atoms with Gasteiger partial charge in [-0.05, 0) is 44.7 Å². The van der Waals surface area contributed by atoms with Gasteiger partial charge in [-0.3, -0.25) is 9.48 Å². The summed E-state index contributed by atoms with van der Waals surface area (Å²) in [5, 5.41) is 10.6. The summed E-state index contributed by atoms with van der Waals surface area (Å²) in [5.41, 5.74) is 0.691. The molecule has 0 atom stereocenters. The van der Waals surface area contributed by atoms with Gasteiger partial charge in [0.1, 0.15) is 0 Å². The van der Waals surface area contributed by atoms with Crippen LogP contribution < -0.4 is 10.6 Å². The molecule has 1 saturated carbocycles. The highest BCUT2D eigenvalue weighted by Crippen LogP contribution is 2.19. The van der Waals surface area contributed by atoms with Gasteiger partial charge in [-0.25, -0.2) is 0 Å². The molecular formula is C13H20N4O. The number of nitrogens with one attached hydrogen (secondary N) is 2. The van der Waals surface area contributed by atoms with Crippen molar-refractivity contribution in [2.45, 2.75) is 38.3 Å². The Bertz CT molecular complexity index is 418. The molecule has 1 aromatic heterocycles. The maximum Gasteiger partial charge on any atom is 0.254 e. The van der Waals surface area contributed by atoms with Crippen molar-refractivity contribution in [3.05, 3.63) is 18.0 Å². The van der Waals surface area contributed by atoms with E-state index in [4.69, 9.17) is 0 Å². The molecule has 0 bridgehead atoms. The summed E-state index contributed by atoms with van der Waals surface area (Å²) in [6.45, 7) is 3.13. The second-order valence-corrected chi connectivity index (χ2v) is 5.39. The molecule has 18 heavy (non-hydrogen) atoms. The van der Waals surface area contributed by atoms with Gasteiger partial charge in [-0.15, -0.1) is 0 Å².